The molecule has 9 aromatic rings. The van der Waals surface area contributed by atoms with E-state index in [0.29, 0.717) is 0 Å². The van der Waals surface area contributed by atoms with E-state index in [0.717, 1.165) is 50.1 Å². The largest absolute Gasteiger partial charge is 0.456 e. The lowest BCUT2D eigenvalue weighted by Gasteiger charge is -2.27. The van der Waals surface area contributed by atoms with E-state index in [-0.39, 0.29) is 5.41 Å². The Labute approximate surface area is 310 Å². The minimum Gasteiger partial charge on any atom is -0.456 e. The van der Waals surface area contributed by atoms with Gasteiger partial charge in [0.25, 0.3) is 0 Å². The van der Waals surface area contributed by atoms with Gasteiger partial charge in [0.2, 0.25) is 0 Å². The average molecular weight is 680 g/mol. The lowest BCUT2D eigenvalue weighted by atomic mass is 9.82. The molecule has 0 bridgehead atoms. The first kappa shape index (κ1) is 31.1. The van der Waals surface area contributed by atoms with Crippen molar-refractivity contribution in [3.05, 3.63) is 199 Å². The summed E-state index contributed by atoms with van der Waals surface area (Å²) < 4.78 is 6.43. The third-order valence-corrected chi connectivity index (χ3v) is 11.1. The molecule has 8 aromatic carbocycles. The first-order valence-electron chi connectivity index (χ1n) is 18.3. The molecule has 0 saturated heterocycles. The van der Waals surface area contributed by atoms with Crippen molar-refractivity contribution in [1.29, 1.82) is 0 Å². The standard InChI is InChI=1S/C51H37NO/c1-51(2)47-19-11-9-17-43(47)46-32-37(23-28-48(46)51)36-21-24-40(25-22-36)52(41-26-27-45-44-18-10-12-20-49(44)53-50(45)33-41)42-30-38(34-13-5-3-6-14-34)29-39(31-42)35-15-7-4-8-16-35/h3-33H,1-2H3. The van der Waals surface area contributed by atoms with Crippen LogP contribution in [-0.4, -0.2) is 0 Å². The van der Waals surface area contributed by atoms with Crippen LogP contribution in [0.3, 0.4) is 0 Å². The minimum absolute atomic E-state index is 0.0113. The van der Waals surface area contributed by atoms with Gasteiger partial charge in [-0.15, -0.1) is 0 Å². The Kier molecular flexibility index (Phi) is 7.19. The molecule has 1 aliphatic carbocycles. The first-order chi connectivity index (χ1) is 26.0. The van der Waals surface area contributed by atoms with E-state index in [2.05, 4.69) is 195 Å². The molecule has 0 saturated carbocycles. The molecular weight excluding hydrogens is 643 g/mol. The molecule has 0 aliphatic heterocycles. The highest BCUT2D eigenvalue weighted by molar-refractivity contribution is 6.06. The summed E-state index contributed by atoms with van der Waals surface area (Å²) in [4.78, 5) is 2.36. The van der Waals surface area contributed by atoms with Crippen molar-refractivity contribution in [2.24, 2.45) is 0 Å². The van der Waals surface area contributed by atoms with Gasteiger partial charge in [-0.1, -0.05) is 141 Å². The zero-order chi connectivity index (χ0) is 35.5. The number of furan rings is 1. The fraction of sp³-hybridized carbons (Fsp3) is 0.0588. The summed E-state index contributed by atoms with van der Waals surface area (Å²) in [5, 5.41) is 2.24. The molecule has 1 heterocycles. The number of anilines is 3. The number of fused-ring (bicyclic) bond motifs is 6. The van der Waals surface area contributed by atoms with Gasteiger partial charge < -0.3 is 9.32 Å². The van der Waals surface area contributed by atoms with Crippen LogP contribution in [0.4, 0.5) is 17.1 Å². The highest BCUT2D eigenvalue weighted by Crippen LogP contribution is 2.50. The third kappa shape index (κ3) is 5.26. The Morgan fingerprint density at radius 3 is 1.66 bits per heavy atom. The molecule has 2 nitrogen and oxygen atoms in total. The van der Waals surface area contributed by atoms with Crippen molar-refractivity contribution in [2.45, 2.75) is 19.3 Å². The maximum atomic E-state index is 6.43. The third-order valence-electron chi connectivity index (χ3n) is 11.1. The molecule has 53 heavy (non-hydrogen) atoms. The number of hydrogen-bond donors (Lipinski definition) is 0. The summed E-state index contributed by atoms with van der Waals surface area (Å²) in [7, 11) is 0. The first-order valence-corrected chi connectivity index (χ1v) is 18.3. The van der Waals surface area contributed by atoms with Crippen LogP contribution in [-0.2, 0) is 5.41 Å². The summed E-state index contributed by atoms with van der Waals surface area (Å²) in [6.45, 7) is 4.67. The normalized spacial score (nSPS) is 12.9. The van der Waals surface area contributed by atoms with Crippen molar-refractivity contribution >= 4 is 39.0 Å². The van der Waals surface area contributed by atoms with Crippen LogP contribution in [0.15, 0.2) is 192 Å². The van der Waals surface area contributed by atoms with Crippen LogP contribution < -0.4 is 4.90 Å². The Morgan fingerprint density at radius 1 is 0.358 bits per heavy atom. The van der Waals surface area contributed by atoms with Crippen LogP contribution in [0, 0.1) is 0 Å². The van der Waals surface area contributed by atoms with Gasteiger partial charge in [-0.05, 0) is 110 Å². The Morgan fingerprint density at radius 2 is 0.925 bits per heavy atom. The zero-order valence-corrected chi connectivity index (χ0v) is 29.8. The van der Waals surface area contributed by atoms with Gasteiger partial charge in [0.15, 0.2) is 0 Å². The molecule has 0 unspecified atom stereocenters. The van der Waals surface area contributed by atoms with E-state index in [1.54, 1.807) is 0 Å². The van der Waals surface area contributed by atoms with E-state index in [1.165, 1.54) is 44.5 Å². The lowest BCUT2D eigenvalue weighted by Crippen LogP contribution is -2.14. The van der Waals surface area contributed by atoms with Gasteiger partial charge >= 0.3 is 0 Å². The number of benzene rings is 8. The summed E-state index contributed by atoms with van der Waals surface area (Å²) in [6, 6.07) is 67.9. The van der Waals surface area contributed by atoms with Crippen molar-refractivity contribution in [3.63, 3.8) is 0 Å². The van der Waals surface area contributed by atoms with Crippen molar-refractivity contribution in [1.82, 2.24) is 0 Å². The smallest absolute Gasteiger partial charge is 0.137 e. The van der Waals surface area contributed by atoms with Crippen LogP contribution >= 0.6 is 0 Å². The molecule has 1 aliphatic rings. The van der Waals surface area contributed by atoms with Gasteiger partial charge in [0.05, 0.1) is 0 Å². The van der Waals surface area contributed by atoms with E-state index < -0.39 is 0 Å². The molecule has 0 atom stereocenters. The number of rotatable bonds is 6. The molecule has 1 aromatic heterocycles. The summed E-state index contributed by atoms with van der Waals surface area (Å²) in [5.41, 5.74) is 17.5. The Bertz CT molecular complexity index is 2730. The van der Waals surface area contributed by atoms with E-state index in [1.807, 2.05) is 12.1 Å². The van der Waals surface area contributed by atoms with E-state index in [4.69, 9.17) is 4.42 Å². The molecule has 0 N–H and O–H groups in total. The maximum absolute atomic E-state index is 6.43. The summed E-state index contributed by atoms with van der Waals surface area (Å²) >= 11 is 0. The zero-order valence-electron chi connectivity index (χ0n) is 29.8. The van der Waals surface area contributed by atoms with Crippen LogP contribution in [0.1, 0.15) is 25.0 Å². The second-order valence-corrected chi connectivity index (χ2v) is 14.6. The summed E-state index contributed by atoms with van der Waals surface area (Å²) in [6.07, 6.45) is 0. The van der Waals surface area contributed by atoms with Crippen molar-refractivity contribution < 1.29 is 4.42 Å². The number of para-hydroxylation sites is 1. The molecule has 0 amide bonds. The second kappa shape index (κ2) is 12.3. The molecule has 252 valence electrons. The van der Waals surface area contributed by atoms with Crippen LogP contribution in [0.2, 0.25) is 0 Å². The monoisotopic (exact) mass is 679 g/mol. The molecule has 0 spiro atoms. The number of hydrogen-bond acceptors (Lipinski definition) is 2. The predicted octanol–water partition coefficient (Wildman–Crippen LogP) is 14.4. The SMILES string of the molecule is CC1(C)c2ccccc2-c2cc(-c3ccc(N(c4cc(-c5ccccc5)cc(-c5ccccc5)c4)c4ccc5c(c4)oc4ccccc45)cc3)ccc21. The highest BCUT2D eigenvalue weighted by atomic mass is 16.3. The van der Waals surface area contributed by atoms with Gasteiger partial charge in [-0.2, -0.15) is 0 Å². The van der Waals surface area contributed by atoms with Gasteiger partial charge in [0.1, 0.15) is 11.2 Å². The van der Waals surface area contributed by atoms with E-state index >= 15 is 0 Å². The van der Waals surface area contributed by atoms with Crippen LogP contribution in [0.5, 0.6) is 0 Å². The summed E-state index contributed by atoms with van der Waals surface area (Å²) in [5.74, 6) is 0. The van der Waals surface area contributed by atoms with E-state index in [9.17, 15) is 0 Å². The molecule has 2 heteroatoms. The second-order valence-electron chi connectivity index (χ2n) is 14.6. The van der Waals surface area contributed by atoms with Gasteiger partial charge in [-0.25, -0.2) is 0 Å². The topological polar surface area (TPSA) is 16.4 Å². The predicted molar refractivity (Wildman–Crippen MR) is 222 cm³/mol. The maximum Gasteiger partial charge on any atom is 0.137 e. The van der Waals surface area contributed by atoms with Crippen molar-refractivity contribution in [2.75, 3.05) is 4.90 Å². The number of nitrogens with zero attached hydrogens (tertiary/aromatic N) is 1. The average Bonchev–Trinajstić information content (AvgIpc) is 3.70. The molecular formula is C51H37NO. The lowest BCUT2D eigenvalue weighted by molar-refractivity contribution is 0.660. The highest BCUT2D eigenvalue weighted by Gasteiger charge is 2.35. The van der Waals surface area contributed by atoms with Gasteiger partial charge in [0, 0.05) is 39.3 Å². The quantitative estimate of drug-likeness (QED) is 0.174. The Balaban J connectivity index is 1.13. The molecule has 10 rings (SSSR count). The van der Waals surface area contributed by atoms with Gasteiger partial charge in [-0.3, -0.25) is 0 Å². The Hall–Kier alpha value is -6.64. The fourth-order valence-electron chi connectivity index (χ4n) is 8.34. The van der Waals surface area contributed by atoms with Crippen LogP contribution in [0.25, 0.3) is 66.4 Å². The minimum atomic E-state index is -0.0113. The molecule has 0 radical (unpaired) electrons. The fourth-order valence-corrected chi connectivity index (χ4v) is 8.34. The molecule has 0 fully saturated rings. The van der Waals surface area contributed by atoms with Crippen molar-refractivity contribution in [3.8, 4) is 44.5 Å².